The van der Waals surface area contributed by atoms with Crippen LogP contribution in [0.15, 0.2) is 47.5 Å². The maximum Gasteiger partial charge on any atom is 0.191 e. The van der Waals surface area contributed by atoms with Crippen LogP contribution in [-0.4, -0.2) is 27.1 Å². The Kier molecular flexibility index (Phi) is 8.60. The quantitative estimate of drug-likeness (QED) is 0.408. The van der Waals surface area contributed by atoms with Gasteiger partial charge in [0.1, 0.15) is 11.6 Å². The zero-order valence-corrected chi connectivity index (χ0v) is 16.8. The topological polar surface area (TPSA) is 39.7 Å². The van der Waals surface area contributed by atoms with Crippen LogP contribution < -0.4 is 15.5 Å². The average Bonchev–Trinajstić information content (AvgIpc) is 2.56. The fraction of sp³-hybridized carbons (Fsp3) is 0.278. The van der Waals surface area contributed by atoms with Gasteiger partial charge in [0.2, 0.25) is 0 Å². The first-order valence-corrected chi connectivity index (χ1v) is 7.65. The van der Waals surface area contributed by atoms with Crippen LogP contribution >= 0.6 is 24.0 Å². The SMILES string of the molecule is CN=C(NCc1ccc(N(C)C)c(F)c1)NCc1ccccc1F.I. The molecule has 0 heterocycles. The third-order valence-corrected chi connectivity index (χ3v) is 3.58. The predicted molar refractivity (Wildman–Crippen MR) is 110 cm³/mol. The van der Waals surface area contributed by atoms with Gasteiger partial charge in [-0.05, 0) is 23.8 Å². The first-order chi connectivity index (χ1) is 11.5. The number of rotatable bonds is 5. The lowest BCUT2D eigenvalue weighted by Gasteiger charge is -2.15. The zero-order valence-electron chi connectivity index (χ0n) is 14.5. The van der Waals surface area contributed by atoms with E-state index < -0.39 is 0 Å². The third kappa shape index (κ3) is 6.15. The lowest BCUT2D eigenvalue weighted by molar-refractivity contribution is 0.604. The second-order valence-corrected chi connectivity index (χ2v) is 5.55. The summed E-state index contributed by atoms with van der Waals surface area (Å²) in [6, 6.07) is 11.7. The molecule has 2 N–H and O–H groups in total. The van der Waals surface area contributed by atoms with Gasteiger partial charge in [-0.15, -0.1) is 24.0 Å². The number of guanidine groups is 1. The summed E-state index contributed by atoms with van der Waals surface area (Å²) in [7, 11) is 5.22. The highest BCUT2D eigenvalue weighted by Crippen LogP contribution is 2.18. The monoisotopic (exact) mass is 460 g/mol. The molecule has 0 aliphatic heterocycles. The molecule has 0 amide bonds. The van der Waals surface area contributed by atoms with Gasteiger partial charge in [-0.25, -0.2) is 8.78 Å². The maximum absolute atomic E-state index is 14.0. The van der Waals surface area contributed by atoms with E-state index in [1.54, 1.807) is 50.3 Å². The number of benzene rings is 2. The van der Waals surface area contributed by atoms with E-state index in [4.69, 9.17) is 0 Å². The van der Waals surface area contributed by atoms with Crippen molar-refractivity contribution in [2.75, 3.05) is 26.0 Å². The zero-order chi connectivity index (χ0) is 17.5. The van der Waals surface area contributed by atoms with Gasteiger partial charge in [0.05, 0.1) is 5.69 Å². The second-order valence-electron chi connectivity index (χ2n) is 5.55. The van der Waals surface area contributed by atoms with Crippen LogP contribution in [0, 0.1) is 11.6 Å². The molecule has 0 spiro atoms. The van der Waals surface area contributed by atoms with E-state index in [2.05, 4.69) is 15.6 Å². The summed E-state index contributed by atoms with van der Waals surface area (Å²) in [5.41, 5.74) is 1.90. The lowest BCUT2D eigenvalue weighted by Crippen LogP contribution is -2.36. The van der Waals surface area contributed by atoms with Crippen LogP contribution in [0.2, 0.25) is 0 Å². The number of nitrogens with one attached hydrogen (secondary N) is 2. The molecule has 0 unspecified atom stereocenters. The number of hydrogen-bond donors (Lipinski definition) is 2. The summed E-state index contributed by atoms with van der Waals surface area (Å²) < 4.78 is 27.6. The highest BCUT2D eigenvalue weighted by molar-refractivity contribution is 14.0. The van der Waals surface area contributed by atoms with Crippen LogP contribution in [0.4, 0.5) is 14.5 Å². The second kappa shape index (κ2) is 10.2. The molecule has 0 fully saturated rings. The largest absolute Gasteiger partial charge is 0.375 e. The van der Waals surface area contributed by atoms with Crippen LogP contribution in [-0.2, 0) is 13.1 Å². The van der Waals surface area contributed by atoms with Gasteiger partial charge in [0, 0.05) is 39.8 Å². The van der Waals surface area contributed by atoms with Crippen molar-refractivity contribution in [1.82, 2.24) is 10.6 Å². The molecule has 0 aromatic heterocycles. The van der Waals surface area contributed by atoms with E-state index in [0.29, 0.717) is 30.3 Å². The molecule has 0 bridgehead atoms. The molecule has 4 nitrogen and oxygen atoms in total. The molecule has 0 radical (unpaired) electrons. The first-order valence-electron chi connectivity index (χ1n) is 7.65. The minimum atomic E-state index is -0.270. The van der Waals surface area contributed by atoms with E-state index in [-0.39, 0.29) is 35.6 Å². The highest BCUT2D eigenvalue weighted by Gasteiger charge is 2.06. The van der Waals surface area contributed by atoms with Crippen molar-refractivity contribution in [2.45, 2.75) is 13.1 Å². The fourth-order valence-electron chi connectivity index (χ4n) is 2.25. The number of hydrogen-bond acceptors (Lipinski definition) is 2. The van der Waals surface area contributed by atoms with Crippen LogP contribution in [0.5, 0.6) is 0 Å². The van der Waals surface area contributed by atoms with Gasteiger partial charge in [-0.2, -0.15) is 0 Å². The Balaban J connectivity index is 0.00000312. The van der Waals surface area contributed by atoms with Crippen molar-refractivity contribution in [2.24, 2.45) is 4.99 Å². The molecule has 2 rings (SSSR count). The van der Waals surface area contributed by atoms with Gasteiger partial charge in [0.15, 0.2) is 5.96 Å². The van der Waals surface area contributed by atoms with Crippen molar-refractivity contribution in [3.8, 4) is 0 Å². The van der Waals surface area contributed by atoms with Crippen LogP contribution in [0.1, 0.15) is 11.1 Å². The van der Waals surface area contributed by atoms with E-state index in [1.807, 2.05) is 6.07 Å². The molecule has 0 aliphatic carbocycles. The van der Waals surface area contributed by atoms with E-state index in [9.17, 15) is 8.78 Å². The molecule has 0 atom stereocenters. The van der Waals surface area contributed by atoms with E-state index in [1.165, 1.54) is 12.1 Å². The number of aliphatic imine (C=N–C) groups is 1. The smallest absolute Gasteiger partial charge is 0.191 e. The lowest BCUT2D eigenvalue weighted by atomic mass is 10.2. The molecule has 0 saturated carbocycles. The molecular weight excluding hydrogens is 437 g/mol. The first kappa shape index (κ1) is 21.1. The van der Waals surface area contributed by atoms with E-state index >= 15 is 0 Å². The predicted octanol–water partition coefficient (Wildman–Crippen LogP) is 3.51. The maximum atomic E-state index is 14.0. The Morgan fingerprint density at radius 1 is 1.00 bits per heavy atom. The van der Waals surface area contributed by atoms with Gasteiger partial charge >= 0.3 is 0 Å². The molecule has 0 saturated heterocycles. The van der Waals surface area contributed by atoms with Crippen molar-refractivity contribution < 1.29 is 8.78 Å². The van der Waals surface area contributed by atoms with Gasteiger partial charge < -0.3 is 15.5 Å². The Morgan fingerprint density at radius 2 is 1.68 bits per heavy atom. The van der Waals surface area contributed by atoms with Gasteiger partial charge in [-0.1, -0.05) is 24.3 Å². The molecule has 2 aromatic rings. The molecule has 7 heteroatoms. The number of anilines is 1. The summed E-state index contributed by atoms with van der Waals surface area (Å²) in [5.74, 6) is -0.00857. The molecule has 136 valence electrons. The normalized spacial score (nSPS) is 10.8. The minimum absolute atomic E-state index is 0. The number of halogens is 3. The van der Waals surface area contributed by atoms with Gasteiger partial charge in [0.25, 0.3) is 0 Å². The third-order valence-electron chi connectivity index (χ3n) is 3.58. The van der Waals surface area contributed by atoms with E-state index in [0.717, 1.165) is 5.56 Å². The van der Waals surface area contributed by atoms with Crippen molar-refractivity contribution in [1.29, 1.82) is 0 Å². The summed E-state index contributed by atoms with van der Waals surface area (Å²) in [6.45, 7) is 0.738. The standard InChI is InChI=1S/C18H22F2N4.HI/c1-21-18(23-12-14-6-4-5-7-15(14)19)22-11-13-8-9-17(24(2)3)16(20)10-13;/h4-10H,11-12H2,1-3H3,(H2,21,22,23);1H. The summed E-state index contributed by atoms with van der Waals surface area (Å²) in [5, 5.41) is 6.13. The Labute approximate surface area is 164 Å². The summed E-state index contributed by atoms with van der Waals surface area (Å²) in [4.78, 5) is 5.81. The van der Waals surface area contributed by atoms with Crippen molar-refractivity contribution >= 4 is 35.6 Å². The Morgan fingerprint density at radius 3 is 2.28 bits per heavy atom. The summed E-state index contributed by atoms with van der Waals surface area (Å²) >= 11 is 0. The van der Waals surface area contributed by atoms with Crippen LogP contribution in [0.25, 0.3) is 0 Å². The van der Waals surface area contributed by atoms with Crippen molar-refractivity contribution in [3.63, 3.8) is 0 Å². The van der Waals surface area contributed by atoms with Crippen LogP contribution in [0.3, 0.4) is 0 Å². The fourth-order valence-corrected chi connectivity index (χ4v) is 2.25. The Hall–Kier alpha value is -1.90. The van der Waals surface area contributed by atoms with Gasteiger partial charge in [-0.3, -0.25) is 4.99 Å². The molecule has 0 aliphatic rings. The minimum Gasteiger partial charge on any atom is -0.375 e. The summed E-state index contributed by atoms with van der Waals surface area (Å²) in [6.07, 6.45) is 0. The number of nitrogens with zero attached hydrogens (tertiary/aromatic N) is 2. The molecule has 2 aromatic carbocycles. The molecular formula is C18H23F2IN4. The van der Waals surface area contributed by atoms with Crippen molar-refractivity contribution in [3.05, 3.63) is 65.2 Å². The highest BCUT2D eigenvalue weighted by atomic mass is 127. The Bertz CT molecular complexity index is 720. The molecule has 25 heavy (non-hydrogen) atoms. The average molecular weight is 460 g/mol.